The molecule has 39 heavy (non-hydrogen) atoms. The lowest BCUT2D eigenvalue weighted by Gasteiger charge is -2.50. The zero-order valence-corrected chi connectivity index (χ0v) is 22.4. The number of sulfonamides is 1. The average molecular weight is 550 g/mol. The third-order valence-electron chi connectivity index (χ3n) is 7.47. The number of rotatable bonds is 10. The number of piperidine rings is 1. The Morgan fingerprint density at radius 1 is 0.897 bits per heavy atom. The van der Waals surface area contributed by atoms with Crippen LogP contribution in [0.5, 0.6) is 0 Å². The highest BCUT2D eigenvalue weighted by Gasteiger charge is 2.58. The van der Waals surface area contributed by atoms with Crippen molar-refractivity contribution in [1.82, 2.24) is 4.31 Å². The van der Waals surface area contributed by atoms with E-state index in [1.807, 2.05) is 37.3 Å². The summed E-state index contributed by atoms with van der Waals surface area (Å²) in [7, 11) is -4.34. The van der Waals surface area contributed by atoms with E-state index in [1.165, 1.54) is 16.4 Å². The maximum atomic E-state index is 14.4. The molecule has 10 heteroatoms. The zero-order chi connectivity index (χ0) is 28.2. The van der Waals surface area contributed by atoms with E-state index in [1.54, 1.807) is 36.4 Å². The minimum atomic E-state index is -4.34. The van der Waals surface area contributed by atoms with Crippen LogP contribution in [0.15, 0.2) is 102 Å². The molecule has 0 saturated carbocycles. The van der Waals surface area contributed by atoms with Crippen LogP contribution in [0, 0.1) is 26.1 Å². The SMILES string of the molecule is C=CC[C@@H]1[C@H](CCC)[C@@H](c2ccccc2)[C@H]([N+](=O)[O-])[C@@H](c2ccccc2)N1S(=O)(=O)c1ccc([N+](=O)[O-])cc1. The molecular weight excluding hydrogens is 518 g/mol. The predicted molar refractivity (Wildman–Crippen MR) is 148 cm³/mol. The van der Waals surface area contributed by atoms with E-state index in [0.717, 1.165) is 17.7 Å². The molecule has 3 aromatic carbocycles. The molecule has 1 saturated heterocycles. The molecule has 1 aliphatic rings. The smallest absolute Gasteiger partial charge is 0.264 e. The summed E-state index contributed by atoms with van der Waals surface area (Å²) >= 11 is 0. The molecule has 0 amide bonds. The maximum Gasteiger partial charge on any atom is 0.269 e. The van der Waals surface area contributed by atoms with Crippen LogP contribution in [0.2, 0.25) is 0 Å². The van der Waals surface area contributed by atoms with Crippen LogP contribution >= 0.6 is 0 Å². The van der Waals surface area contributed by atoms with Crippen molar-refractivity contribution in [3.63, 3.8) is 0 Å². The molecule has 9 nitrogen and oxygen atoms in total. The molecule has 3 aromatic rings. The van der Waals surface area contributed by atoms with Gasteiger partial charge in [0, 0.05) is 23.1 Å². The highest BCUT2D eigenvalue weighted by atomic mass is 32.2. The molecule has 0 N–H and O–H groups in total. The number of hydrogen-bond acceptors (Lipinski definition) is 6. The fourth-order valence-electron chi connectivity index (χ4n) is 5.94. The molecular formula is C29H31N3O6S. The first-order valence-electron chi connectivity index (χ1n) is 12.8. The van der Waals surface area contributed by atoms with Crippen LogP contribution in [0.1, 0.15) is 49.3 Å². The van der Waals surface area contributed by atoms with Crippen LogP contribution in [-0.2, 0) is 10.0 Å². The van der Waals surface area contributed by atoms with E-state index in [2.05, 4.69) is 6.58 Å². The minimum absolute atomic E-state index is 0.154. The van der Waals surface area contributed by atoms with Crippen molar-refractivity contribution in [3.05, 3.63) is 129 Å². The summed E-state index contributed by atoms with van der Waals surface area (Å²) in [4.78, 5) is 23.1. The van der Waals surface area contributed by atoms with Gasteiger partial charge in [0.15, 0.2) is 0 Å². The third kappa shape index (κ3) is 5.48. The van der Waals surface area contributed by atoms with Crippen molar-refractivity contribution < 1.29 is 18.3 Å². The Kier molecular flexibility index (Phi) is 8.57. The topological polar surface area (TPSA) is 124 Å². The molecule has 0 radical (unpaired) electrons. The predicted octanol–water partition coefficient (Wildman–Crippen LogP) is 6.13. The van der Waals surface area contributed by atoms with Gasteiger partial charge in [0.05, 0.1) is 15.7 Å². The van der Waals surface area contributed by atoms with Crippen LogP contribution in [-0.4, -0.2) is 34.7 Å². The van der Waals surface area contributed by atoms with Gasteiger partial charge in [-0.3, -0.25) is 20.2 Å². The summed E-state index contributed by atoms with van der Waals surface area (Å²) in [6.45, 7) is 5.87. The van der Waals surface area contributed by atoms with Crippen molar-refractivity contribution >= 4 is 15.7 Å². The van der Waals surface area contributed by atoms with Gasteiger partial charge in [-0.1, -0.05) is 80.1 Å². The maximum absolute atomic E-state index is 14.4. The summed E-state index contributed by atoms with van der Waals surface area (Å²) in [6.07, 6.45) is 3.21. The molecule has 0 unspecified atom stereocenters. The third-order valence-corrected chi connectivity index (χ3v) is 9.39. The molecule has 0 bridgehead atoms. The summed E-state index contributed by atoms with van der Waals surface area (Å²) in [5.41, 5.74) is 1.06. The van der Waals surface area contributed by atoms with Gasteiger partial charge in [-0.2, -0.15) is 4.31 Å². The number of nitrogens with zero attached hydrogens (tertiary/aromatic N) is 3. The molecule has 204 valence electrons. The van der Waals surface area contributed by atoms with Gasteiger partial charge >= 0.3 is 0 Å². The van der Waals surface area contributed by atoms with Gasteiger partial charge in [0.25, 0.3) is 5.69 Å². The number of non-ortho nitro benzene ring substituents is 1. The summed E-state index contributed by atoms with van der Waals surface area (Å²) in [5.74, 6) is -0.932. The lowest BCUT2D eigenvalue weighted by molar-refractivity contribution is -0.541. The van der Waals surface area contributed by atoms with Gasteiger partial charge < -0.3 is 0 Å². The Morgan fingerprint density at radius 3 is 1.95 bits per heavy atom. The van der Waals surface area contributed by atoms with Crippen molar-refractivity contribution in [2.24, 2.45) is 5.92 Å². The quantitative estimate of drug-likeness (QED) is 0.170. The van der Waals surface area contributed by atoms with Gasteiger partial charge in [0.1, 0.15) is 6.04 Å². The monoisotopic (exact) mass is 549 g/mol. The summed E-state index contributed by atoms with van der Waals surface area (Å²) in [5, 5.41) is 24.2. The molecule has 0 spiro atoms. The largest absolute Gasteiger partial charge is 0.269 e. The Balaban J connectivity index is 2.01. The van der Waals surface area contributed by atoms with Gasteiger partial charge in [0.2, 0.25) is 16.1 Å². The first kappa shape index (κ1) is 28.1. The van der Waals surface area contributed by atoms with Gasteiger partial charge in [-0.05, 0) is 42.0 Å². The molecule has 1 aliphatic heterocycles. The Labute approximate surface area is 228 Å². The molecule has 1 heterocycles. The van der Waals surface area contributed by atoms with Gasteiger partial charge in [-0.15, -0.1) is 6.58 Å². The minimum Gasteiger partial charge on any atom is -0.264 e. The molecule has 1 fully saturated rings. The van der Waals surface area contributed by atoms with E-state index in [0.29, 0.717) is 18.4 Å². The number of nitro benzene ring substituents is 1. The summed E-state index contributed by atoms with van der Waals surface area (Å²) in [6, 6.07) is 19.6. The standard InChI is InChI=1S/C29H31N3O6S/c1-3-11-25-26(12-4-2)30(39(37,38)24-19-17-23(18-20-24)31(33)34)28(22-15-9-6-10-16-22)29(32(35)36)27(25)21-13-7-5-8-14-21/h4-10,13-20,25-29H,2-3,11-12H2,1H3/t25-,26+,27+,28+,29-/m0/s1. The highest BCUT2D eigenvalue weighted by Crippen LogP contribution is 2.51. The first-order chi connectivity index (χ1) is 18.7. The van der Waals surface area contributed by atoms with E-state index in [4.69, 9.17) is 0 Å². The second-order valence-corrected chi connectivity index (χ2v) is 11.5. The lowest BCUT2D eigenvalue weighted by atomic mass is 9.68. The Hall–Kier alpha value is -3.89. The number of nitro groups is 2. The molecule has 0 aliphatic carbocycles. The van der Waals surface area contributed by atoms with Crippen LogP contribution in [0.25, 0.3) is 0 Å². The van der Waals surface area contributed by atoms with E-state index < -0.39 is 39.0 Å². The number of hydrogen-bond donors (Lipinski definition) is 0. The van der Waals surface area contributed by atoms with Crippen LogP contribution < -0.4 is 0 Å². The van der Waals surface area contributed by atoms with Crippen molar-refractivity contribution in [3.8, 4) is 0 Å². The van der Waals surface area contributed by atoms with Gasteiger partial charge in [-0.25, -0.2) is 8.42 Å². The van der Waals surface area contributed by atoms with Crippen molar-refractivity contribution in [1.29, 1.82) is 0 Å². The second-order valence-electron chi connectivity index (χ2n) is 9.70. The normalized spacial score (nSPS) is 23.7. The zero-order valence-electron chi connectivity index (χ0n) is 21.6. The van der Waals surface area contributed by atoms with E-state index in [9.17, 15) is 28.6 Å². The molecule has 0 aromatic heterocycles. The number of benzene rings is 3. The van der Waals surface area contributed by atoms with Crippen molar-refractivity contribution in [2.75, 3.05) is 0 Å². The fourth-order valence-corrected chi connectivity index (χ4v) is 7.81. The second kappa shape index (κ2) is 11.9. The fraction of sp³-hybridized carbons (Fsp3) is 0.310. The highest BCUT2D eigenvalue weighted by molar-refractivity contribution is 7.89. The van der Waals surface area contributed by atoms with Crippen molar-refractivity contribution in [2.45, 2.75) is 55.1 Å². The molecule has 4 rings (SSSR count). The van der Waals surface area contributed by atoms with E-state index in [-0.39, 0.29) is 27.8 Å². The van der Waals surface area contributed by atoms with Crippen LogP contribution in [0.4, 0.5) is 5.69 Å². The Morgan fingerprint density at radius 2 is 1.46 bits per heavy atom. The summed E-state index contributed by atoms with van der Waals surface area (Å²) < 4.78 is 30.1. The average Bonchev–Trinajstić information content (AvgIpc) is 2.94. The Bertz CT molecular complexity index is 1410. The molecule has 5 atom stereocenters. The van der Waals surface area contributed by atoms with Crippen LogP contribution in [0.3, 0.4) is 0 Å². The van der Waals surface area contributed by atoms with E-state index >= 15 is 0 Å². The first-order valence-corrected chi connectivity index (χ1v) is 14.3. The lowest BCUT2D eigenvalue weighted by Crippen LogP contribution is -2.59.